The zero-order valence-corrected chi connectivity index (χ0v) is 11.8. The number of nitrogens with two attached hydrogens (primary N) is 1. The van der Waals surface area contributed by atoms with E-state index in [0.29, 0.717) is 16.9 Å². The summed E-state index contributed by atoms with van der Waals surface area (Å²) in [5.74, 6) is -0.380. The smallest absolute Gasteiger partial charge is 0.289 e. The van der Waals surface area contributed by atoms with Crippen LogP contribution in [-0.4, -0.2) is 10.8 Å². The van der Waals surface area contributed by atoms with Crippen LogP contribution in [0.1, 0.15) is 15.9 Å². The third-order valence-electron chi connectivity index (χ3n) is 2.93. The lowest BCUT2D eigenvalue weighted by Crippen LogP contribution is -2.12. The quantitative estimate of drug-likeness (QED) is 0.516. The van der Waals surface area contributed by atoms with Crippen molar-refractivity contribution in [3.05, 3.63) is 62.7 Å². The summed E-state index contributed by atoms with van der Waals surface area (Å²) in [5, 5.41) is 13.4. The van der Waals surface area contributed by atoms with Crippen molar-refractivity contribution >= 4 is 34.6 Å². The highest BCUT2D eigenvalue weighted by Crippen LogP contribution is 2.27. The third-order valence-corrected chi connectivity index (χ3v) is 3.25. The number of carbonyl (C=O) groups excluding carboxylic acids is 1. The molecule has 0 heterocycles. The molecule has 2 aromatic carbocycles. The number of amides is 1. The SMILES string of the molecule is Cc1cc(C(=O)Nc2ccc(Cl)c([N+](=O)[O-])c2)ccc1N. The van der Waals surface area contributed by atoms with Gasteiger partial charge in [-0.15, -0.1) is 0 Å². The molecule has 0 aromatic heterocycles. The van der Waals surface area contributed by atoms with E-state index in [4.69, 9.17) is 17.3 Å². The number of anilines is 2. The molecule has 0 fully saturated rings. The second-order valence-corrected chi connectivity index (χ2v) is 4.86. The maximum Gasteiger partial charge on any atom is 0.289 e. The van der Waals surface area contributed by atoms with E-state index in [1.807, 2.05) is 0 Å². The van der Waals surface area contributed by atoms with Gasteiger partial charge in [0, 0.05) is 23.0 Å². The van der Waals surface area contributed by atoms with Crippen molar-refractivity contribution in [1.29, 1.82) is 0 Å². The van der Waals surface area contributed by atoms with E-state index in [0.717, 1.165) is 5.56 Å². The number of aryl methyl sites for hydroxylation is 1. The van der Waals surface area contributed by atoms with Crippen LogP contribution in [0.4, 0.5) is 17.1 Å². The van der Waals surface area contributed by atoms with Crippen LogP contribution in [0, 0.1) is 17.0 Å². The molecule has 0 aliphatic carbocycles. The van der Waals surface area contributed by atoms with Gasteiger partial charge in [-0.25, -0.2) is 0 Å². The number of hydrogen-bond acceptors (Lipinski definition) is 4. The number of nitrogens with zero attached hydrogens (tertiary/aromatic N) is 1. The van der Waals surface area contributed by atoms with Crippen LogP contribution in [0.3, 0.4) is 0 Å². The zero-order chi connectivity index (χ0) is 15.6. The first-order chi connectivity index (χ1) is 9.88. The number of rotatable bonds is 3. The zero-order valence-electron chi connectivity index (χ0n) is 11.1. The average Bonchev–Trinajstić information content (AvgIpc) is 2.43. The van der Waals surface area contributed by atoms with E-state index in [1.54, 1.807) is 25.1 Å². The molecule has 1 amide bonds. The summed E-state index contributed by atoms with van der Waals surface area (Å²) in [7, 11) is 0. The number of hydrogen-bond donors (Lipinski definition) is 2. The Morgan fingerprint density at radius 1 is 1.29 bits per heavy atom. The van der Waals surface area contributed by atoms with E-state index >= 15 is 0 Å². The predicted molar refractivity (Wildman–Crippen MR) is 81.7 cm³/mol. The molecular weight excluding hydrogens is 294 g/mol. The molecule has 0 spiro atoms. The second-order valence-electron chi connectivity index (χ2n) is 4.45. The van der Waals surface area contributed by atoms with Crippen LogP contribution < -0.4 is 11.1 Å². The Labute approximate surface area is 125 Å². The van der Waals surface area contributed by atoms with Gasteiger partial charge in [0.15, 0.2) is 0 Å². The molecule has 2 aromatic rings. The molecule has 0 aliphatic heterocycles. The van der Waals surface area contributed by atoms with Crippen LogP contribution in [0.2, 0.25) is 5.02 Å². The lowest BCUT2D eigenvalue weighted by atomic mass is 10.1. The van der Waals surface area contributed by atoms with Gasteiger partial charge in [0.2, 0.25) is 0 Å². The number of nitrogens with one attached hydrogen (secondary N) is 1. The Bertz CT molecular complexity index is 731. The highest BCUT2D eigenvalue weighted by atomic mass is 35.5. The fourth-order valence-electron chi connectivity index (χ4n) is 1.75. The van der Waals surface area contributed by atoms with Crippen molar-refractivity contribution in [2.45, 2.75) is 6.92 Å². The van der Waals surface area contributed by atoms with Crippen LogP contribution in [0.25, 0.3) is 0 Å². The van der Waals surface area contributed by atoms with E-state index in [1.165, 1.54) is 18.2 Å². The van der Waals surface area contributed by atoms with Crippen LogP contribution in [0.5, 0.6) is 0 Å². The van der Waals surface area contributed by atoms with E-state index in [2.05, 4.69) is 5.32 Å². The molecule has 0 atom stereocenters. The topological polar surface area (TPSA) is 98.3 Å². The van der Waals surface area contributed by atoms with Gasteiger partial charge in [-0.3, -0.25) is 14.9 Å². The fourth-order valence-corrected chi connectivity index (χ4v) is 1.94. The first kappa shape index (κ1) is 14.8. The first-order valence-electron chi connectivity index (χ1n) is 6.00. The summed E-state index contributed by atoms with van der Waals surface area (Å²) < 4.78 is 0. The molecule has 0 aliphatic rings. The van der Waals surface area contributed by atoms with Gasteiger partial charge in [-0.2, -0.15) is 0 Å². The molecule has 108 valence electrons. The highest BCUT2D eigenvalue weighted by molar-refractivity contribution is 6.32. The predicted octanol–water partition coefficient (Wildman–Crippen LogP) is 3.39. The molecule has 0 unspecified atom stereocenters. The molecule has 7 heteroatoms. The number of benzene rings is 2. The minimum absolute atomic E-state index is 0.0151. The lowest BCUT2D eigenvalue weighted by molar-refractivity contribution is -0.384. The summed E-state index contributed by atoms with van der Waals surface area (Å²) in [5.41, 5.74) is 7.52. The molecule has 0 bridgehead atoms. The Morgan fingerprint density at radius 3 is 2.62 bits per heavy atom. The van der Waals surface area contributed by atoms with E-state index in [9.17, 15) is 14.9 Å². The van der Waals surface area contributed by atoms with Gasteiger partial charge in [0.25, 0.3) is 11.6 Å². The third kappa shape index (κ3) is 3.29. The number of halogens is 1. The molecule has 2 rings (SSSR count). The van der Waals surface area contributed by atoms with Crippen molar-refractivity contribution in [3.63, 3.8) is 0 Å². The maximum absolute atomic E-state index is 12.1. The van der Waals surface area contributed by atoms with Crippen molar-refractivity contribution in [2.75, 3.05) is 11.1 Å². The summed E-state index contributed by atoms with van der Waals surface area (Å²) in [6.45, 7) is 1.79. The summed E-state index contributed by atoms with van der Waals surface area (Å²) in [4.78, 5) is 22.3. The summed E-state index contributed by atoms with van der Waals surface area (Å²) in [6.07, 6.45) is 0. The van der Waals surface area contributed by atoms with Gasteiger partial charge < -0.3 is 11.1 Å². The van der Waals surface area contributed by atoms with Gasteiger partial charge in [0.1, 0.15) is 5.02 Å². The molecule has 6 nitrogen and oxygen atoms in total. The molecular formula is C14H12ClN3O3. The van der Waals surface area contributed by atoms with Crippen molar-refractivity contribution in [2.24, 2.45) is 0 Å². The lowest BCUT2D eigenvalue weighted by Gasteiger charge is -2.07. The number of nitro benzene ring substituents is 1. The monoisotopic (exact) mass is 305 g/mol. The number of nitro groups is 1. The largest absolute Gasteiger partial charge is 0.399 e. The van der Waals surface area contributed by atoms with Gasteiger partial charge >= 0.3 is 0 Å². The Morgan fingerprint density at radius 2 is 2.00 bits per heavy atom. The van der Waals surface area contributed by atoms with Crippen LogP contribution >= 0.6 is 11.6 Å². The van der Waals surface area contributed by atoms with E-state index < -0.39 is 4.92 Å². The highest BCUT2D eigenvalue weighted by Gasteiger charge is 2.14. The number of nitrogen functional groups attached to an aromatic ring is 1. The molecule has 0 radical (unpaired) electrons. The maximum atomic E-state index is 12.1. The summed E-state index contributed by atoms with van der Waals surface area (Å²) >= 11 is 5.71. The van der Waals surface area contributed by atoms with Gasteiger partial charge in [-0.1, -0.05) is 11.6 Å². The summed E-state index contributed by atoms with van der Waals surface area (Å²) in [6, 6.07) is 8.94. The fraction of sp³-hybridized carbons (Fsp3) is 0.0714. The number of carbonyl (C=O) groups is 1. The van der Waals surface area contributed by atoms with E-state index in [-0.39, 0.29) is 16.6 Å². The standard InChI is InChI=1S/C14H12ClN3O3/c1-8-6-9(2-5-12(8)16)14(19)17-10-3-4-11(15)13(7-10)18(20)21/h2-7H,16H2,1H3,(H,17,19). The second kappa shape index (κ2) is 5.80. The molecule has 0 saturated carbocycles. The van der Waals surface area contributed by atoms with Gasteiger partial charge in [0.05, 0.1) is 4.92 Å². The van der Waals surface area contributed by atoms with Crippen molar-refractivity contribution in [3.8, 4) is 0 Å². The molecule has 0 saturated heterocycles. The Balaban J connectivity index is 2.25. The Kier molecular flexibility index (Phi) is 4.09. The van der Waals surface area contributed by atoms with Crippen molar-refractivity contribution < 1.29 is 9.72 Å². The minimum Gasteiger partial charge on any atom is -0.399 e. The first-order valence-corrected chi connectivity index (χ1v) is 6.37. The normalized spacial score (nSPS) is 10.2. The average molecular weight is 306 g/mol. The molecule has 3 N–H and O–H groups in total. The molecule has 21 heavy (non-hydrogen) atoms. The van der Waals surface area contributed by atoms with Gasteiger partial charge in [-0.05, 0) is 42.8 Å². The Hall–Kier alpha value is -2.60. The van der Waals surface area contributed by atoms with Crippen LogP contribution in [0.15, 0.2) is 36.4 Å². The van der Waals surface area contributed by atoms with Crippen molar-refractivity contribution in [1.82, 2.24) is 0 Å². The van der Waals surface area contributed by atoms with Crippen LogP contribution in [-0.2, 0) is 0 Å². The minimum atomic E-state index is -0.606.